The average molecular weight is 459 g/mol. The predicted octanol–water partition coefficient (Wildman–Crippen LogP) is 3.99. The Hall–Kier alpha value is -3.80. The van der Waals surface area contributed by atoms with Gasteiger partial charge >= 0.3 is 5.97 Å². The second-order valence-electron chi connectivity index (χ2n) is 8.28. The Kier molecular flexibility index (Phi) is 7.81. The number of piperazine rings is 1. The maximum atomic E-state index is 12.7. The molecule has 1 aliphatic heterocycles. The molecule has 0 aliphatic carbocycles. The Morgan fingerprint density at radius 2 is 1.47 bits per heavy atom. The number of anilines is 1. The second-order valence-corrected chi connectivity index (χ2v) is 8.28. The fourth-order valence-electron chi connectivity index (χ4n) is 4.16. The summed E-state index contributed by atoms with van der Waals surface area (Å²) in [7, 11) is 1.65. The zero-order valence-electron chi connectivity index (χ0n) is 19.5. The van der Waals surface area contributed by atoms with Crippen LogP contribution in [0.1, 0.15) is 21.5 Å². The summed E-state index contributed by atoms with van der Waals surface area (Å²) < 4.78 is 10.6. The largest absolute Gasteiger partial charge is 0.497 e. The molecule has 1 fully saturated rings. The van der Waals surface area contributed by atoms with E-state index < -0.39 is 5.97 Å². The van der Waals surface area contributed by atoms with Crippen molar-refractivity contribution in [3.8, 4) is 5.75 Å². The topological polar surface area (TPSA) is 59.1 Å². The number of benzene rings is 3. The van der Waals surface area contributed by atoms with Gasteiger partial charge in [-0.2, -0.15) is 0 Å². The van der Waals surface area contributed by atoms with Crippen LogP contribution in [0.15, 0.2) is 78.9 Å². The lowest BCUT2D eigenvalue weighted by Gasteiger charge is -2.36. The van der Waals surface area contributed by atoms with Crippen molar-refractivity contribution in [2.45, 2.75) is 12.8 Å². The number of esters is 1. The Bertz CT molecular complexity index is 1090. The van der Waals surface area contributed by atoms with Gasteiger partial charge in [-0.1, -0.05) is 48.5 Å². The van der Waals surface area contributed by atoms with Crippen LogP contribution in [0, 0.1) is 0 Å². The van der Waals surface area contributed by atoms with E-state index >= 15 is 0 Å². The highest BCUT2D eigenvalue weighted by atomic mass is 16.5. The molecule has 3 aromatic rings. The van der Waals surface area contributed by atoms with Gasteiger partial charge in [0.15, 0.2) is 6.61 Å². The summed E-state index contributed by atoms with van der Waals surface area (Å²) in [5.41, 5.74) is 3.77. The lowest BCUT2D eigenvalue weighted by Crippen LogP contribution is -2.49. The number of hydrogen-bond donors (Lipinski definition) is 0. The Labute approximate surface area is 200 Å². The third-order valence-electron chi connectivity index (χ3n) is 6.16. The quantitative estimate of drug-likeness (QED) is 0.478. The monoisotopic (exact) mass is 458 g/mol. The van der Waals surface area contributed by atoms with Crippen molar-refractivity contribution in [2.75, 3.05) is 44.8 Å². The van der Waals surface area contributed by atoms with Crippen LogP contribution < -0.4 is 9.64 Å². The number of hydrogen-bond acceptors (Lipinski definition) is 5. The molecule has 4 rings (SSSR count). The summed E-state index contributed by atoms with van der Waals surface area (Å²) in [6.45, 7) is 2.41. The number of methoxy groups -OCH3 is 1. The lowest BCUT2D eigenvalue weighted by atomic mass is 10.00. The van der Waals surface area contributed by atoms with Crippen LogP contribution in [-0.4, -0.2) is 56.7 Å². The minimum absolute atomic E-state index is 0.163. The number of amides is 1. The number of carbonyl (C=O) groups is 2. The van der Waals surface area contributed by atoms with Gasteiger partial charge in [0.2, 0.25) is 0 Å². The molecule has 3 aromatic carbocycles. The van der Waals surface area contributed by atoms with Crippen LogP contribution in [0.3, 0.4) is 0 Å². The Balaban J connectivity index is 1.27. The summed E-state index contributed by atoms with van der Waals surface area (Å²) in [6.07, 6.45) is 1.57. The van der Waals surface area contributed by atoms with Crippen LogP contribution in [-0.2, 0) is 22.4 Å². The van der Waals surface area contributed by atoms with Gasteiger partial charge in [0.05, 0.1) is 12.7 Å². The molecule has 0 bridgehead atoms. The van der Waals surface area contributed by atoms with Crippen molar-refractivity contribution in [2.24, 2.45) is 0 Å². The Morgan fingerprint density at radius 3 is 2.18 bits per heavy atom. The molecule has 0 aromatic heterocycles. The fourth-order valence-corrected chi connectivity index (χ4v) is 4.16. The van der Waals surface area contributed by atoms with Gasteiger partial charge in [-0.25, -0.2) is 4.79 Å². The first-order valence-corrected chi connectivity index (χ1v) is 11.6. The van der Waals surface area contributed by atoms with E-state index in [1.54, 1.807) is 18.1 Å². The molecule has 6 nitrogen and oxygen atoms in total. The van der Waals surface area contributed by atoms with Gasteiger partial charge in [0, 0.05) is 31.9 Å². The molecular formula is C28H30N2O4. The molecular weight excluding hydrogens is 428 g/mol. The van der Waals surface area contributed by atoms with Gasteiger partial charge in [0.1, 0.15) is 5.75 Å². The molecule has 0 atom stereocenters. The first-order valence-electron chi connectivity index (χ1n) is 11.6. The highest BCUT2D eigenvalue weighted by Crippen LogP contribution is 2.20. The second kappa shape index (κ2) is 11.4. The van der Waals surface area contributed by atoms with Gasteiger partial charge in [-0.05, 0) is 54.3 Å². The smallest absolute Gasteiger partial charge is 0.338 e. The molecule has 0 saturated carbocycles. The van der Waals surface area contributed by atoms with Gasteiger partial charge < -0.3 is 19.3 Å². The number of ether oxygens (including phenoxy) is 2. The normalized spacial score (nSPS) is 13.4. The van der Waals surface area contributed by atoms with E-state index in [0.29, 0.717) is 18.7 Å². The zero-order valence-corrected chi connectivity index (χ0v) is 19.5. The molecule has 0 N–H and O–H groups in total. The van der Waals surface area contributed by atoms with E-state index in [1.807, 2.05) is 60.7 Å². The molecule has 176 valence electrons. The van der Waals surface area contributed by atoms with Crippen molar-refractivity contribution in [3.63, 3.8) is 0 Å². The van der Waals surface area contributed by atoms with Crippen molar-refractivity contribution in [1.82, 2.24) is 4.90 Å². The number of aryl methyl sites for hydroxylation is 2. The molecule has 34 heavy (non-hydrogen) atoms. The van der Waals surface area contributed by atoms with Gasteiger partial charge in [-0.3, -0.25) is 4.79 Å². The van der Waals surface area contributed by atoms with Crippen LogP contribution >= 0.6 is 0 Å². The van der Waals surface area contributed by atoms with Crippen molar-refractivity contribution < 1.29 is 19.1 Å². The minimum Gasteiger partial charge on any atom is -0.497 e. The number of nitrogens with zero attached hydrogens (tertiary/aromatic N) is 2. The predicted molar refractivity (Wildman–Crippen MR) is 132 cm³/mol. The molecule has 0 spiro atoms. The highest BCUT2D eigenvalue weighted by Gasteiger charge is 2.23. The molecule has 1 saturated heterocycles. The molecule has 1 amide bonds. The number of rotatable bonds is 8. The molecule has 1 aliphatic rings. The van der Waals surface area contributed by atoms with E-state index in [4.69, 9.17) is 9.47 Å². The SMILES string of the molecule is COc1ccc(N2CCN(C(=O)COC(=O)c3ccccc3CCc3ccccc3)CC2)cc1. The maximum Gasteiger partial charge on any atom is 0.338 e. The van der Waals surface area contributed by atoms with Crippen molar-refractivity contribution in [1.29, 1.82) is 0 Å². The number of carbonyl (C=O) groups excluding carboxylic acids is 2. The minimum atomic E-state index is -0.450. The van der Waals surface area contributed by atoms with Crippen LogP contribution in [0.5, 0.6) is 5.75 Å². The van der Waals surface area contributed by atoms with Gasteiger partial charge in [0.25, 0.3) is 5.91 Å². The van der Waals surface area contributed by atoms with E-state index in [1.165, 1.54) is 5.56 Å². The van der Waals surface area contributed by atoms with Crippen molar-refractivity contribution in [3.05, 3.63) is 95.6 Å². The first kappa shape index (κ1) is 23.4. The molecule has 0 unspecified atom stereocenters. The summed E-state index contributed by atoms with van der Waals surface area (Å²) in [5.74, 6) is 0.208. The zero-order chi connectivity index (χ0) is 23.8. The standard InChI is InChI=1S/C28H30N2O4/c1-33-25-15-13-24(14-16-25)29-17-19-30(20-18-29)27(31)21-34-28(32)26-10-6-5-9-23(26)12-11-22-7-3-2-4-8-22/h2-10,13-16H,11-12,17-21H2,1H3. The highest BCUT2D eigenvalue weighted by molar-refractivity contribution is 5.92. The molecule has 1 heterocycles. The average Bonchev–Trinajstić information content (AvgIpc) is 2.91. The maximum absolute atomic E-state index is 12.7. The molecule has 6 heteroatoms. The first-order chi connectivity index (χ1) is 16.6. The third kappa shape index (κ3) is 5.95. The van der Waals surface area contributed by atoms with E-state index in [0.717, 1.165) is 42.9 Å². The van der Waals surface area contributed by atoms with Gasteiger partial charge in [-0.15, -0.1) is 0 Å². The third-order valence-corrected chi connectivity index (χ3v) is 6.16. The van der Waals surface area contributed by atoms with E-state index in [-0.39, 0.29) is 12.5 Å². The Morgan fingerprint density at radius 1 is 0.794 bits per heavy atom. The van der Waals surface area contributed by atoms with Crippen LogP contribution in [0.2, 0.25) is 0 Å². The summed E-state index contributed by atoms with van der Waals surface area (Å²) in [5, 5.41) is 0. The van der Waals surface area contributed by atoms with E-state index in [2.05, 4.69) is 17.0 Å². The lowest BCUT2D eigenvalue weighted by molar-refractivity contribution is -0.134. The summed E-state index contributed by atoms with van der Waals surface area (Å²) >= 11 is 0. The molecule has 0 radical (unpaired) electrons. The van der Waals surface area contributed by atoms with E-state index in [9.17, 15) is 9.59 Å². The summed E-state index contributed by atoms with van der Waals surface area (Å²) in [4.78, 5) is 29.4. The van der Waals surface area contributed by atoms with Crippen molar-refractivity contribution >= 4 is 17.6 Å². The fraction of sp³-hybridized carbons (Fsp3) is 0.286. The summed E-state index contributed by atoms with van der Waals surface area (Å²) in [6, 6.07) is 25.5. The van der Waals surface area contributed by atoms with Crippen LogP contribution in [0.25, 0.3) is 0 Å². The van der Waals surface area contributed by atoms with Crippen LogP contribution in [0.4, 0.5) is 5.69 Å².